The second-order valence-electron chi connectivity index (χ2n) is 5.07. The number of rotatable bonds is 9. The van der Waals surface area contributed by atoms with Crippen LogP contribution in [0.25, 0.3) is 0 Å². The first-order valence-electron chi connectivity index (χ1n) is 5.97. The molecular formula is C11H25FN2O2S. The molecule has 6 heteroatoms. The summed E-state index contributed by atoms with van der Waals surface area (Å²) < 4.78 is 38.0. The Bertz CT molecular complexity index is 282. The van der Waals surface area contributed by atoms with E-state index in [2.05, 4.69) is 18.6 Å². The molecule has 4 nitrogen and oxygen atoms in total. The van der Waals surface area contributed by atoms with Crippen molar-refractivity contribution < 1.29 is 12.8 Å². The van der Waals surface area contributed by atoms with Crippen molar-refractivity contribution in [3.05, 3.63) is 0 Å². The van der Waals surface area contributed by atoms with Gasteiger partial charge in [-0.15, -0.1) is 0 Å². The smallest absolute Gasteiger partial charge is 0.211 e. The lowest BCUT2D eigenvalue weighted by Crippen LogP contribution is -2.43. The molecule has 0 amide bonds. The molecule has 0 saturated heterocycles. The highest BCUT2D eigenvalue weighted by Crippen LogP contribution is 2.07. The molecule has 0 aliphatic rings. The summed E-state index contributed by atoms with van der Waals surface area (Å²) in [6, 6.07) is -0.102. The minimum Gasteiger partial charge on any atom is -0.308 e. The van der Waals surface area contributed by atoms with Gasteiger partial charge in [0, 0.05) is 12.6 Å². The van der Waals surface area contributed by atoms with Crippen LogP contribution in [0, 0.1) is 5.92 Å². The number of hydrogen-bond donors (Lipinski definition) is 1. The standard InChI is InChI=1S/C11H25FN2O2S/c1-10(2)8-11(9-14(3)4)13-17(15,16)7-5-6-12/h10-11,13H,5-9H2,1-4H3/t11-/m1/s1. The van der Waals surface area contributed by atoms with E-state index in [9.17, 15) is 12.8 Å². The third kappa shape index (κ3) is 9.50. The molecule has 0 fully saturated rings. The second kappa shape index (κ2) is 8.00. The number of sulfonamides is 1. The van der Waals surface area contributed by atoms with E-state index >= 15 is 0 Å². The Kier molecular flexibility index (Phi) is 7.91. The number of hydrogen-bond acceptors (Lipinski definition) is 3. The average Bonchev–Trinajstić information content (AvgIpc) is 2.11. The number of nitrogens with one attached hydrogen (secondary N) is 1. The molecule has 1 N–H and O–H groups in total. The largest absolute Gasteiger partial charge is 0.308 e. The van der Waals surface area contributed by atoms with Crippen molar-refractivity contribution in [2.24, 2.45) is 5.92 Å². The van der Waals surface area contributed by atoms with Gasteiger partial charge in [-0.05, 0) is 32.9 Å². The van der Waals surface area contributed by atoms with Crippen molar-refractivity contribution >= 4 is 10.0 Å². The molecule has 104 valence electrons. The molecule has 0 bridgehead atoms. The van der Waals surface area contributed by atoms with Gasteiger partial charge in [0.25, 0.3) is 0 Å². The summed E-state index contributed by atoms with van der Waals surface area (Å²) in [7, 11) is 0.461. The number of nitrogens with zero attached hydrogens (tertiary/aromatic N) is 1. The summed E-state index contributed by atoms with van der Waals surface area (Å²) in [6.07, 6.45) is 0.846. The molecule has 0 aromatic carbocycles. The summed E-state index contributed by atoms with van der Waals surface area (Å²) in [4.78, 5) is 1.95. The zero-order chi connectivity index (χ0) is 13.5. The first-order chi connectivity index (χ1) is 7.76. The normalized spacial score (nSPS) is 14.5. The molecule has 0 radical (unpaired) electrons. The van der Waals surface area contributed by atoms with Crippen LogP contribution in [0.15, 0.2) is 0 Å². The summed E-state index contributed by atoms with van der Waals surface area (Å²) in [6.45, 7) is 4.17. The van der Waals surface area contributed by atoms with Crippen LogP contribution in [0.1, 0.15) is 26.7 Å². The van der Waals surface area contributed by atoms with Gasteiger partial charge in [0.1, 0.15) is 0 Å². The summed E-state index contributed by atoms with van der Waals surface area (Å²) >= 11 is 0. The van der Waals surface area contributed by atoms with E-state index in [1.807, 2.05) is 19.0 Å². The molecule has 0 aromatic rings. The fraction of sp³-hybridized carbons (Fsp3) is 1.00. The molecule has 0 aliphatic heterocycles. The summed E-state index contributed by atoms with van der Waals surface area (Å²) in [5.41, 5.74) is 0. The first-order valence-corrected chi connectivity index (χ1v) is 7.62. The van der Waals surface area contributed by atoms with Gasteiger partial charge in [0.15, 0.2) is 0 Å². The predicted molar refractivity (Wildman–Crippen MR) is 69.3 cm³/mol. The Labute approximate surface area is 105 Å². The van der Waals surface area contributed by atoms with Gasteiger partial charge in [0.2, 0.25) is 10.0 Å². The van der Waals surface area contributed by atoms with Gasteiger partial charge >= 0.3 is 0 Å². The van der Waals surface area contributed by atoms with E-state index < -0.39 is 16.7 Å². The molecule has 1 atom stereocenters. The molecule has 0 unspecified atom stereocenters. The van der Waals surface area contributed by atoms with Crippen LogP contribution in [0.2, 0.25) is 0 Å². The van der Waals surface area contributed by atoms with E-state index in [1.165, 1.54) is 0 Å². The van der Waals surface area contributed by atoms with Crippen molar-refractivity contribution in [3.8, 4) is 0 Å². The first kappa shape index (κ1) is 16.8. The Morgan fingerprint density at radius 1 is 1.29 bits per heavy atom. The van der Waals surface area contributed by atoms with Gasteiger partial charge < -0.3 is 4.90 Å². The average molecular weight is 268 g/mol. The van der Waals surface area contributed by atoms with E-state index in [1.54, 1.807) is 0 Å². The van der Waals surface area contributed by atoms with Crippen molar-refractivity contribution in [2.75, 3.05) is 33.1 Å². The number of likely N-dealkylation sites (N-methyl/N-ethyl adjacent to an activating group) is 1. The maximum atomic E-state index is 12.0. The maximum Gasteiger partial charge on any atom is 0.211 e. The van der Waals surface area contributed by atoms with Crippen molar-refractivity contribution in [1.29, 1.82) is 0 Å². The highest BCUT2D eigenvalue weighted by Gasteiger charge is 2.19. The van der Waals surface area contributed by atoms with Crippen LogP contribution in [0.4, 0.5) is 4.39 Å². The van der Waals surface area contributed by atoms with Gasteiger partial charge in [-0.25, -0.2) is 13.1 Å². The lowest BCUT2D eigenvalue weighted by Gasteiger charge is -2.23. The molecule has 0 saturated carbocycles. The SMILES string of the molecule is CC(C)C[C@H](CN(C)C)NS(=O)(=O)CCCF. The Morgan fingerprint density at radius 2 is 1.88 bits per heavy atom. The minimum absolute atomic E-state index is 0.0612. The third-order valence-electron chi connectivity index (χ3n) is 2.23. The Morgan fingerprint density at radius 3 is 2.29 bits per heavy atom. The van der Waals surface area contributed by atoms with E-state index in [0.717, 1.165) is 6.42 Å². The highest BCUT2D eigenvalue weighted by atomic mass is 32.2. The summed E-state index contributed by atoms with van der Waals surface area (Å²) in [5.74, 6) is 0.287. The van der Waals surface area contributed by atoms with Crippen molar-refractivity contribution in [1.82, 2.24) is 9.62 Å². The fourth-order valence-electron chi connectivity index (χ4n) is 1.73. The van der Waals surface area contributed by atoms with Gasteiger partial charge in [-0.3, -0.25) is 4.39 Å². The second-order valence-corrected chi connectivity index (χ2v) is 6.94. The van der Waals surface area contributed by atoms with E-state index in [0.29, 0.717) is 12.5 Å². The number of alkyl halides is 1. The molecule has 0 spiro atoms. The molecule has 17 heavy (non-hydrogen) atoms. The Balaban J connectivity index is 4.40. The van der Waals surface area contributed by atoms with Crippen LogP contribution in [0.5, 0.6) is 0 Å². The Hall–Kier alpha value is -0.200. The lowest BCUT2D eigenvalue weighted by molar-refractivity contribution is 0.329. The van der Waals surface area contributed by atoms with E-state index in [4.69, 9.17) is 0 Å². The molecular weight excluding hydrogens is 243 g/mol. The maximum absolute atomic E-state index is 12.0. The quantitative estimate of drug-likeness (QED) is 0.684. The van der Waals surface area contributed by atoms with Crippen LogP contribution in [0.3, 0.4) is 0 Å². The number of halogens is 1. The van der Waals surface area contributed by atoms with Crippen LogP contribution in [-0.2, 0) is 10.0 Å². The lowest BCUT2D eigenvalue weighted by atomic mass is 10.0. The van der Waals surface area contributed by atoms with Crippen molar-refractivity contribution in [2.45, 2.75) is 32.7 Å². The minimum atomic E-state index is -3.35. The summed E-state index contributed by atoms with van der Waals surface area (Å²) in [5, 5.41) is 0. The van der Waals surface area contributed by atoms with Crippen molar-refractivity contribution in [3.63, 3.8) is 0 Å². The third-order valence-corrected chi connectivity index (χ3v) is 3.75. The van der Waals surface area contributed by atoms with Crippen LogP contribution >= 0.6 is 0 Å². The monoisotopic (exact) mass is 268 g/mol. The molecule has 0 heterocycles. The highest BCUT2D eigenvalue weighted by molar-refractivity contribution is 7.89. The zero-order valence-corrected chi connectivity index (χ0v) is 12.1. The fourth-order valence-corrected chi connectivity index (χ4v) is 3.01. The van der Waals surface area contributed by atoms with Gasteiger partial charge in [-0.1, -0.05) is 13.8 Å². The topological polar surface area (TPSA) is 49.4 Å². The molecule has 0 aromatic heterocycles. The molecule has 0 aliphatic carbocycles. The van der Waals surface area contributed by atoms with Gasteiger partial charge in [-0.2, -0.15) is 0 Å². The predicted octanol–water partition coefficient (Wildman–Crippen LogP) is 1.24. The van der Waals surface area contributed by atoms with Gasteiger partial charge in [0.05, 0.1) is 12.4 Å². The van der Waals surface area contributed by atoms with Crippen LogP contribution < -0.4 is 4.72 Å². The van der Waals surface area contributed by atoms with Crippen LogP contribution in [-0.4, -0.2) is 52.4 Å². The zero-order valence-electron chi connectivity index (χ0n) is 11.2. The van der Waals surface area contributed by atoms with E-state index in [-0.39, 0.29) is 18.2 Å². The molecule has 0 rings (SSSR count).